The van der Waals surface area contributed by atoms with Gasteiger partial charge in [0.25, 0.3) is 5.91 Å². The number of fused-ring (bicyclic) bond motifs is 1. The van der Waals surface area contributed by atoms with E-state index in [9.17, 15) is 4.79 Å². The lowest BCUT2D eigenvalue weighted by atomic mass is 10.0. The van der Waals surface area contributed by atoms with Crippen molar-refractivity contribution >= 4 is 39.1 Å². The summed E-state index contributed by atoms with van der Waals surface area (Å²) in [4.78, 5) is 17.8. The van der Waals surface area contributed by atoms with Crippen LogP contribution in [0.25, 0.3) is 21.3 Å². The first-order valence-electron chi connectivity index (χ1n) is 9.19. The van der Waals surface area contributed by atoms with Crippen molar-refractivity contribution in [1.82, 2.24) is 4.57 Å². The number of benzene rings is 3. The molecule has 29 heavy (non-hydrogen) atoms. The van der Waals surface area contributed by atoms with Gasteiger partial charge in [-0.15, -0.1) is 0 Å². The molecule has 4 nitrogen and oxygen atoms in total. The quantitative estimate of drug-likeness (QED) is 0.431. The minimum Gasteiger partial charge on any atom is -0.383 e. The molecule has 0 aliphatic rings. The number of aromatic nitrogens is 1. The van der Waals surface area contributed by atoms with Crippen LogP contribution < -0.4 is 4.80 Å². The summed E-state index contributed by atoms with van der Waals surface area (Å²) >= 11 is 7.85. The Kier molecular flexibility index (Phi) is 5.90. The van der Waals surface area contributed by atoms with E-state index in [4.69, 9.17) is 16.3 Å². The first kappa shape index (κ1) is 19.6. The molecule has 4 rings (SSSR count). The number of nitrogens with zero attached hydrogens (tertiary/aromatic N) is 2. The maximum Gasteiger partial charge on any atom is 0.279 e. The highest BCUT2D eigenvalue weighted by molar-refractivity contribution is 7.16. The molecule has 0 radical (unpaired) electrons. The number of carbonyl (C=O) groups is 1. The maximum atomic E-state index is 12.8. The average molecular weight is 423 g/mol. The normalized spacial score (nSPS) is 11.9. The SMILES string of the molecule is COCCn1c(=NC(=O)c2ccc(-c3ccccc3)cc2)sc2cccc(Cl)c21. The van der Waals surface area contributed by atoms with Crippen LogP contribution in [0.2, 0.25) is 5.02 Å². The molecule has 1 aromatic heterocycles. The Balaban J connectivity index is 1.71. The van der Waals surface area contributed by atoms with Gasteiger partial charge in [-0.2, -0.15) is 4.99 Å². The second-order valence-electron chi connectivity index (χ2n) is 6.48. The molecule has 4 aromatic rings. The molecule has 0 spiro atoms. The van der Waals surface area contributed by atoms with Gasteiger partial charge in [-0.25, -0.2) is 0 Å². The summed E-state index contributed by atoms with van der Waals surface area (Å²) in [7, 11) is 1.65. The molecular formula is C23H19ClN2O2S. The van der Waals surface area contributed by atoms with Gasteiger partial charge in [0.1, 0.15) is 0 Å². The van der Waals surface area contributed by atoms with E-state index < -0.39 is 0 Å². The van der Waals surface area contributed by atoms with Crippen molar-refractivity contribution < 1.29 is 9.53 Å². The molecule has 0 unspecified atom stereocenters. The molecular weight excluding hydrogens is 404 g/mol. The summed E-state index contributed by atoms with van der Waals surface area (Å²) in [6, 6.07) is 23.3. The Hall–Kier alpha value is -2.73. The highest BCUT2D eigenvalue weighted by Crippen LogP contribution is 2.25. The van der Waals surface area contributed by atoms with Crippen LogP contribution in [0, 0.1) is 0 Å². The molecule has 0 fully saturated rings. The highest BCUT2D eigenvalue weighted by atomic mass is 35.5. The Labute approximate surface area is 177 Å². The van der Waals surface area contributed by atoms with Gasteiger partial charge in [-0.1, -0.05) is 71.5 Å². The molecule has 0 aliphatic heterocycles. The van der Waals surface area contributed by atoms with Gasteiger partial charge in [0.15, 0.2) is 4.80 Å². The van der Waals surface area contributed by atoms with E-state index in [1.165, 1.54) is 11.3 Å². The third-order valence-electron chi connectivity index (χ3n) is 4.61. The lowest BCUT2D eigenvalue weighted by Crippen LogP contribution is -2.19. The van der Waals surface area contributed by atoms with Crippen LogP contribution in [0.1, 0.15) is 10.4 Å². The Morgan fingerprint density at radius 1 is 1.00 bits per heavy atom. The van der Waals surface area contributed by atoms with E-state index in [0.29, 0.717) is 28.5 Å². The van der Waals surface area contributed by atoms with Crippen LogP contribution in [0.15, 0.2) is 77.8 Å². The fourth-order valence-corrected chi connectivity index (χ4v) is 4.56. The standard InChI is InChI=1S/C23H19ClN2O2S/c1-28-15-14-26-21-19(24)8-5-9-20(21)29-23(26)25-22(27)18-12-10-17(11-13-18)16-6-3-2-4-7-16/h2-13H,14-15H2,1H3. The van der Waals surface area contributed by atoms with E-state index in [0.717, 1.165) is 21.3 Å². The van der Waals surface area contributed by atoms with Crippen LogP contribution in [-0.2, 0) is 11.3 Å². The molecule has 6 heteroatoms. The predicted octanol–water partition coefficient (Wildman–Crippen LogP) is 5.41. The van der Waals surface area contributed by atoms with E-state index in [1.807, 2.05) is 77.4 Å². The number of carbonyl (C=O) groups excluding carboxylic acids is 1. The smallest absolute Gasteiger partial charge is 0.279 e. The second-order valence-corrected chi connectivity index (χ2v) is 7.89. The van der Waals surface area contributed by atoms with Crippen molar-refractivity contribution in [3.63, 3.8) is 0 Å². The third-order valence-corrected chi connectivity index (χ3v) is 5.96. The number of thiazole rings is 1. The van der Waals surface area contributed by atoms with Crippen molar-refractivity contribution in [2.24, 2.45) is 4.99 Å². The predicted molar refractivity (Wildman–Crippen MR) is 118 cm³/mol. The molecule has 0 saturated heterocycles. The average Bonchev–Trinajstić information content (AvgIpc) is 3.11. The Morgan fingerprint density at radius 3 is 2.45 bits per heavy atom. The van der Waals surface area contributed by atoms with Gasteiger partial charge in [0.05, 0.1) is 21.8 Å². The summed E-state index contributed by atoms with van der Waals surface area (Å²) in [5, 5.41) is 0.635. The largest absolute Gasteiger partial charge is 0.383 e. The van der Waals surface area contributed by atoms with Crippen LogP contribution in [0.3, 0.4) is 0 Å². The van der Waals surface area contributed by atoms with E-state index >= 15 is 0 Å². The summed E-state index contributed by atoms with van der Waals surface area (Å²) in [5.41, 5.74) is 3.60. The van der Waals surface area contributed by atoms with Gasteiger partial charge >= 0.3 is 0 Å². The monoisotopic (exact) mass is 422 g/mol. The van der Waals surface area contributed by atoms with Gasteiger partial charge in [0.2, 0.25) is 0 Å². The molecule has 1 heterocycles. The van der Waals surface area contributed by atoms with Crippen molar-refractivity contribution in [3.05, 3.63) is 88.2 Å². The number of hydrogen-bond acceptors (Lipinski definition) is 3. The number of para-hydroxylation sites is 1. The topological polar surface area (TPSA) is 43.6 Å². The zero-order valence-electron chi connectivity index (χ0n) is 15.8. The first-order valence-corrected chi connectivity index (χ1v) is 10.4. The number of methoxy groups -OCH3 is 1. The fraction of sp³-hybridized carbons (Fsp3) is 0.130. The minimum atomic E-state index is -0.279. The summed E-state index contributed by atoms with van der Waals surface area (Å²) in [5.74, 6) is -0.279. The number of ether oxygens (including phenoxy) is 1. The molecule has 3 aromatic carbocycles. The van der Waals surface area contributed by atoms with Crippen molar-refractivity contribution in [3.8, 4) is 11.1 Å². The highest BCUT2D eigenvalue weighted by Gasteiger charge is 2.12. The van der Waals surface area contributed by atoms with Gasteiger partial charge in [-0.3, -0.25) is 4.79 Å². The lowest BCUT2D eigenvalue weighted by molar-refractivity contribution is 0.0997. The fourth-order valence-electron chi connectivity index (χ4n) is 3.15. The summed E-state index contributed by atoms with van der Waals surface area (Å²) in [6.07, 6.45) is 0. The maximum absolute atomic E-state index is 12.8. The van der Waals surface area contributed by atoms with E-state index in [2.05, 4.69) is 4.99 Å². The zero-order chi connectivity index (χ0) is 20.2. The Bertz CT molecular complexity index is 1210. The number of rotatable bonds is 5. The van der Waals surface area contributed by atoms with Crippen LogP contribution in [0.5, 0.6) is 0 Å². The van der Waals surface area contributed by atoms with Gasteiger partial charge < -0.3 is 9.30 Å². The first-order chi connectivity index (χ1) is 14.2. The van der Waals surface area contributed by atoms with Crippen molar-refractivity contribution in [1.29, 1.82) is 0 Å². The van der Waals surface area contributed by atoms with E-state index in [-0.39, 0.29) is 5.91 Å². The summed E-state index contributed by atoms with van der Waals surface area (Å²) < 4.78 is 8.15. The van der Waals surface area contributed by atoms with Crippen LogP contribution in [0.4, 0.5) is 0 Å². The summed E-state index contributed by atoms with van der Waals surface area (Å²) in [6.45, 7) is 1.07. The second kappa shape index (κ2) is 8.74. The molecule has 0 saturated carbocycles. The molecule has 0 bridgehead atoms. The third kappa shape index (κ3) is 4.17. The van der Waals surface area contributed by atoms with Crippen molar-refractivity contribution in [2.45, 2.75) is 6.54 Å². The minimum absolute atomic E-state index is 0.279. The van der Waals surface area contributed by atoms with Crippen LogP contribution in [-0.4, -0.2) is 24.2 Å². The molecule has 0 N–H and O–H groups in total. The number of halogens is 1. The lowest BCUT2D eigenvalue weighted by Gasteiger charge is -2.05. The zero-order valence-corrected chi connectivity index (χ0v) is 17.4. The van der Waals surface area contributed by atoms with E-state index in [1.54, 1.807) is 7.11 Å². The molecule has 146 valence electrons. The molecule has 0 aliphatic carbocycles. The van der Waals surface area contributed by atoms with Gasteiger partial charge in [0, 0.05) is 19.2 Å². The van der Waals surface area contributed by atoms with Gasteiger partial charge in [-0.05, 0) is 35.4 Å². The van der Waals surface area contributed by atoms with Crippen LogP contribution >= 0.6 is 22.9 Å². The number of amides is 1. The molecule has 0 atom stereocenters. The number of hydrogen-bond donors (Lipinski definition) is 0. The molecule has 1 amide bonds. The Morgan fingerprint density at radius 2 is 1.72 bits per heavy atom. The van der Waals surface area contributed by atoms with Crippen molar-refractivity contribution in [2.75, 3.05) is 13.7 Å².